The first kappa shape index (κ1) is 17.2. The SMILES string of the molecule is O=C(O)c1ccc(F)c(-c2c(F)cc(N3CCOCC3)cc2F)c1F. The fourth-order valence-corrected chi connectivity index (χ4v) is 2.75. The van der Waals surface area contributed by atoms with Crippen molar-refractivity contribution in [2.45, 2.75) is 0 Å². The van der Waals surface area contributed by atoms with Crippen molar-refractivity contribution in [3.63, 3.8) is 0 Å². The second-order valence-electron chi connectivity index (χ2n) is 5.47. The van der Waals surface area contributed by atoms with Gasteiger partial charge < -0.3 is 14.7 Å². The number of carboxylic acids is 1. The van der Waals surface area contributed by atoms with Crippen LogP contribution in [-0.2, 0) is 4.74 Å². The summed E-state index contributed by atoms with van der Waals surface area (Å²) in [6.45, 7) is 1.65. The molecule has 2 aromatic carbocycles. The van der Waals surface area contributed by atoms with Gasteiger partial charge >= 0.3 is 5.97 Å². The van der Waals surface area contributed by atoms with Crippen molar-refractivity contribution in [1.82, 2.24) is 0 Å². The summed E-state index contributed by atoms with van der Waals surface area (Å²) < 4.78 is 62.4. The molecule has 1 heterocycles. The molecule has 132 valence electrons. The zero-order valence-electron chi connectivity index (χ0n) is 12.9. The third-order valence-corrected chi connectivity index (χ3v) is 3.97. The first-order valence-corrected chi connectivity index (χ1v) is 7.43. The highest BCUT2D eigenvalue weighted by Gasteiger charge is 2.26. The van der Waals surface area contributed by atoms with Gasteiger partial charge in [0, 0.05) is 18.8 Å². The van der Waals surface area contributed by atoms with Crippen LogP contribution in [0.25, 0.3) is 11.1 Å². The third kappa shape index (κ3) is 3.17. The summed E-state index contributed by atoms with van der Waals surface area (Å²) in [6, 6.07) is 3.30. The van der Waals surface area contributed by atoms with Crippen LogP contribution < -0.4 is 4.90 Å². The van der Waals surface area contributed by atoms with Crippen LogP contribution in [-0.4, -0.2) is 37.4 Å². The first-order chi connectivity index (χ1) is 11.9. The molecule has 1 aliphatic rings. The first-order valence-electron chi connectivity index (χ1n) is 7.43. The molecule has 25 heavy (non-hydrogen) atoms. The molecule has 0 aliphatic carbocycles. The normalized spacial score (nSPS) is 14.6. The number of hydrogen-bond acceptors (Lipinski definition) is 3. The highest BCUT2D eigenvalue weighted by molar-refractivity contribution is 5.90. The molecule has 1 saturated heterocycles. The Bertz CT molecular complexity index is 812. The summed E-state index contributed by atoms with van der Waals surface area (Å²) >= 11 is 0. The van der Waals surface area contributed by atoms with Crippen LogP contribution in [0.3, 0.4) is 0 Å². The zero-order valence-corrected chi connectivity index (χ0v) is 12.9. The second-order valence-corrected chi connectivity index (χ2v) is 5.47. The van der Waals surface area contributed by atoms with E-state index in [1.165, 1.54) is 0 Å². The number of carbonyl (C=O) groups is 1. The van der Waals surface area contributed by atoms with Gasteiger partial charge in [-0.1, -0.05) is 0 Å². The van der Waals surface area contributed by atoms with Crippen LogP contribution in [0, 0.1) is 23.3 Å². The van der Waals surface area contributed by atoms with Gasteiger partial charge in [-0.25, -0.2) is 22.4 Å². The maximum absolute atomic E-state index is 14.5. The van der Waals surface area contributed by atoms with Crippen LogP contribution in [0.15, 0.2) is 24.3 Å². The van der Waals surface area contributed by atoms with E-state index in [9.17, 15) is 22.4 Å². The summed E-state index contributed by atoms with van der Waals surface area (Å²) in [7, 11) is 0. The van der Waals surface area contributed by atoms with Crippen LogP contribution >= 0.6 is 0 Å². The predicted octanol–water partition coefficient (Wildman–Crippen LogP) is 3.44. The lowest BCUT2D eigenvalue weighted by Gasteiger charge is -2.29. The van der Waals surface area contributed by atoms with E-state index in [0.29, 0.717) is 38.4 Å². The van der Waals surface area contributed by atoms with E-state index in [1.807, 2.05) is 0 Å². The molecule has 2 aromatic rings. The molecule has 4 nitrogen and oxygen atoms in total. The number of hydrogen-bond donors (Lipinski definition) is 1. The predicted molar refractivity (Wildman–Crippen MR) is 81.7 cm³/mol. The number of anilines is 1. The van der Waals surface area contributed by atoms with E-state index in [-0.39, 0.29) is 5.69 Å². The Hall–Kier alpha value is -2.61. The third-order valence-electron chi connectivity index (χ3n) is 3.97. The maximum atomic E-state index is 14.5. The van der Waals surface area contributed by atoms with Crippen molar-refractivity contribution in [2.75, 3.05) is 31.2 Å². The Morgan fingerprint density at radius 1 is 0.960 bits per heavy atom. The highest BCUT2D eigenvalue weighted by atomic mass is 19.1. The number of aromatic carboxylic acids is 1. The van der Waals surface area contributed by atoms with Crippen molar-refractivity contribution < 1.29 is 32.2 Å². The Balaban J connectivity index is 2.12. The monoisotopic (exact) mass is 355 g/mol. The summed E-state index contributed by atoms with van der Waals surface area (Å²) in [5, 5.41) is 8.91. The fourth-order valence-electron chi connectivity index (χ4n) is 2.75. The fraction of sp³-hybridized carbons (Fsp3) is 0.235. The van der Waals surface area contributed by atoms with Gasteiger partial charge in [0.2, 0.25) is 0 Å². The Kier molecular flexibility index (Phi) is 4.63. The topological polar surface area (TPSA) is 49.8 Å². The van der Waals surface area contributed by atoms with Gasteiger partial charge in [0.05, 0.1) is 29.9 Å². The van der Waals surface area contributed by atoms with Crippen molar-refractivity contribution in [3.8, 4) is 11.1 Å². The molecule has 0 spiro atoms. The van der Waals surface area contributed by atoms with Crippen molar-refractivity contribution in [2.24, 2.45) is 0 Å². The lowest BCUT2D eigenvalue weighted by Crippen LogP contribution is -2.36. The smallest absolute Gasteiger partial charge is 0.338 e. The van der Waals surface area contributed by atoms with E-state index in [4.69, 9.17) is 9.84 Å². The van der Waals surface area contributed by atoms with Gasteiger partial charge in [-0.05, 0) is 24.3 Å². The number of carboxylic acid groups (broad SMARTS) is 1. The quantitative estimate of drug-likeness (QED) is 0.857. The average Bonchev–Trinajstić information content (AvgIpc) is 2.57. The molecule has 0 unspecified atom stereocenters. The van der Waals surface area contributed by atoms with Crippen LogP contribution in [0.5, 0.6) is 0 Å². The largest absolute Gasteiger partial charge is 0.478 e. The summed E-state index contributed by atoms with van der Waals surface area (Å²) in [5.74, 6) is -6.79. The van der Waals surface area contributed by atoms with Gasteiger partial charge in [-0.2, -0.15) is 0 Å². The number of nitrogens with zero attached hydrogens (tertiary/aromatic N) is 1. The van der Waals surface area contributed by atoms with E-state index in [2.05, 4.69) is 0 Å². The molecule has 1 fully saturated rings. The minimum Gasteiger partial charge on any atom is -0.478 e. The number of morpholine rings is 1. The standard InChI is InChI=1S/C17H13F4NO3/c18-11-2-1-10(17(23)24)16(21)15(11)14-12(19)7-9(8-13(14)20)22-3-5-25-6-4-22/h1-2,7-8H,3-6H2,(H,23,24). The molecule has 8 heteroatoms. The van der Waals surface area contributed by atoms with Gasteiger partial charge in [0.25, 0.3) is 0 Å². The van der Waals surface area contributed by atoms with Gasteiger partial charge in [-0.3, -0.25) is 0 Å². The minimum absolute atomic E-state index is 0.220. The van der Waals surface area contributed by atoms with Crippen molar-refractivity contribution in [3.05, 3.63) is 53.1 Å². The molecule has 0 radical (unpaired) electrons. The molecule has 0 atom stereocenters. The van der Waals surface area contributed by atoms with Crippen molar-refractivity contribution in [1.29, 1.82) is 0 Å². The van der Waals surface area contributed by atoms with E-state index in [0.717, 1.165) is 12.1 Å². The van der Waals surface area contributed by atoms with Gasteiger partial charge in [0.1, 0.15) is 23.3 Å². The molecule has 1 N–H and O–H groups in total. The molecular weight excluding hydrogens is 342 g/mol. The number of halogens is 4. The van der Waals surface area contributed by atoms with E-state index >= 15 is 0 Å². The maximum Gasteiger partial charge on any atom is 0.338 e. The van der Waals surface area contributed by atoms with E-state index in [1.54, 1.807) is 4.90 Å². The number of benzene rings is 2. The molecule has 0 amide bonds. The summed E-state index contributed by atoms with van der Waals surface area (Å²) in [6.07, 6.45) is 0. The van der Waals surface area contributed by atoms with Crippen LogP contribution in [0.4, 0.5) is 23.2 Å². The van der Waals surface area contributed by atoms with Crippen LogP contribution in [0.2, 0.25) is 0 Å². The average molecular weight is 355 g/mol. The molecule has 0 saturated carbocycles. The summed E-state index contributed by atoms with van der Waals surface area (Å²) in [5.41, 5.74) is -2.62. The Labute approximate surface area is 140 Å². The Morgan fingerprint density at radius 3 is 2.12 bits per heavy atom. The Morgan fingerprint density at radius 2 is 1.56 bits per heavy atom. The molecule has 3 rings (SSSR count). The highest BCUT2D eigenvalue weighted by Crippen LogP contribution is 2.35. The summed E-state index contributed by atoms with van der Waals surface area (Å²) in [4.78, 5) is 12.7. The number of ether oxygens (including phenoxy) is 1. The van der Waals surface area contributed by atoms with E-state index < -0.39 is 45.9 Å². The molecular formula is C17H13F4NO3. The lowest BCUT2D eigenvalue weighted by atomic mass is 9.99. The van der Waals surface area contributed by atoms with Gasteiger partial charge in [0.15, 0.2) is 0 Å². The second kappa shape index (κ2) is 6.72. The zero-order chi connectivity index (χ0) is 18.1. The minimum atomic E-state index is -1.66. The molecule has 0 aromatic heterocycles. The van der Waals surface area contributed by atoms with Gasteiger partial charge in [-0.15, -0.1) is 0 Å². The van der Waals surface area contributed by atoms with Crippen LogP contribution in [0.1, 0.15) is 10.4 Å². The molecule has 0 bridgehead atoms. The lowest BCUT2D eigenvalue weighted by molar-refractivity contribution is 0.0692. The molecule has 1 aliphatic heterocycles. The van der Waals surface area contributed by atoms with Crippen molar-refractivity contribution >= 4 is 11.7 Å². The number of rotatable bonds is 3.